The zero-order valence-corrected chi connectivity index (χ0v) is 7.73. The van der Waals surface area contributed by atoms with E-state index in [0.717, 1.165) is 5.39 Å². The van der Waals surface area contributed by atoms with Gasteiger partial charge in [0.2, 0.25) is 0 Å². The van der Waals surface area contributed by atoms with E-state index >= 15 is 0 Å². The first-order valence-corrected chi connectivity index (χ1v) is 4.24. The van der Waals surface area contributed by atoms with Gasteiger partial charge in [-0.25, -0.2) is 4.98 Å². The van der Waals surface area contributed by atoms with E-state index in [-0.39, 0.29) is 5.69 Å². The first kappa shape index (κ1) is 8.90. The molecule has 0 radical (unpaired) electrons. The Bertz CT molecular complexity index is 513. The molecular formula is C9H5ClN2O2. The molecule has 0 amide bonds. The van der Waals surface area contributed by atoms with Gasteiger partial charge in [0.05, 0.1) is 4.92 Å². The fourth-order valence-electron chi connectivity index (χ4n) is 1.22. The lowest BCUT2D eigenvalue weighted by Crippen LogP contribution is -1.87. The molecule has 2 rings (SSSR count). The van der Waals surface area contributed by atoms with E-state index < -0.39 is 4.92 Å². The molecule has 0 fully saturated rings. The molecule has 70 valence electrons. The Morgan fingerprint density at radius 1 is 1.29 bits per heavy atom. The molecule has 0 N–H and O–H groups in total. The second-order valence-electron chi connectivity index (χ2n) is 2.80. The van der Waals surface area contributed by atoms with Crippen molar-refractivity contribution in [3.05, 3.63) is 45.7 Å². The van der Waals surface area contributed by atoms with Gasteiger partial charge < -0.3 is 0 Å². The van der Waals surface area contributed by atoms with Crippen LogP contribution in [-0.4, -0.2) is 9.91 Å². The molecule has 14 heavy (non-hydrogen) atoms. The third-order valence-corrected chi connectivity index (χ3v) is 2.09. The van der Waals surface area contributed by atoms with E-state index in [9.17, 15) is 10.1 Å². The van der Waals surface area contributed by atoms with Crippen LogP contribution in [0.5, 0.6) is 0 Å². The van der Waals surface area contributed by atoms with Gasteiger partial charge in [0.15, 0.2) is 0 Å². The first-order chi connectivity index (χ1) is 6.66. The largest absolute Gasteiger partial charge is 0.270 e. The third kappa shape index (κ3) is 1.52. The molecule has 0 atom stereocenters. The van der Waals surface area contributed by atoms with Crippen LogP contribution in [0.1, 0.15) is 0 Å². The number of rotatable bonds is 1. The van der Waals surface area contributed by atoms with Gasteiger partial charge in [0, 0.05) is 23.7 Å². The van der Waals surface area contributed by atoms with E-state index in [1.165, 1.54) is 18.3 Å². The average Bonchev–Trinajstić information content (AvgIpc) is 2.16. The van der Waals surface area contributed by atoms with Crippen molar-refractivity contribution in [2.45, 2.75) is 0 Å². The van der Waals surface area contributed by atoms with E-state index in [1.807, 2.05) is 0 Å². The SMILES string of the molecule is O=[N+]([O-])c1ccc2cc(Cl)ncc2c1. The maximum absolute atomic E-state index is 10.5. The quantitative estimate of drug-likeness (QED) is 0.411. The highest BCUT2D eigenvalue weighted by Gasteiger charge is 2.05. The van der Waals surface area contributed by atoms with Crippen molar-refractivity contribution in [2.24, 2.45) is 0 Å². The van der Waals surface area contributed by atoms with Crippen LogP contribution >= 0.6 is 11.6 Å². The lowest BCUT2D eigenvalue weighted by Gasteiger charge is -1.97. The zero-order valence-electron chi connectivity index (χ0n) is 6.98. The Kier molecular flexibility index (Phi) is 2.05. The number of hydrogen-bond donors (Lipinski definition) is 0. The Morgan fingerprint density at radius 2 is 2.07 bits per heavy atom. The van der Waals surface area contributed by atoms with Gasteiger partial charge in [-0.3, -0.25) is 10.1 Å². The Hall–Kier alpha value is -1.68. The van der Waals surface area contributed by atoms with Gasteiger partial charge in [0.1, 0.15) is 5.15 Å². The predicted octanol–water partition coefficient (Wildman–Crippen LogP) is 2.80. The van der Waals surface area contributed by atoms with E-state index in [1.54, 1.807) is 12.1 Å². The Morgan fingerprint density at radius 3 is 2.79 bits per heavy atom. The predicted molar refractivity (Wildman–Crippen MR) is 53.4 cm³/mol. The maximum Gasteiger partial charge on any atom is 0.270 e. The molecule has 4 nitrogen and oxygen atoms in total. The van der Waals surface area contributed by atoms with Crippen molar-refractivity contribution < 1.29 is 4.92 Å². The van der Waals surface area contributed by atoms with Gasteiger partial charge in [-0.15, -0.1) is 0 Å². The monoisotopic (exact) mass is 208 g/mol. The summed E-state index contributed by atoms with van der Waals surface area (Å²) in [5.74, 6) is 0. The Balaban J connectivity index is 2.67. The molecular weight excluding hydrogens is 204 g/mol. The van der Waals surface area contributed by atoms with Crippen molar-refractivity contribution in [1.82, 2.24) is 4.98 Å². The fourth-order valence-corrected chi connectivity index (χ4v) is 1.38. The van der Waals surface area contributed by atoms with Crippen LogP contribution in [0, 0.1) is 10.1 Å². The van der Waals surface area contributed by atoms with Crippen LogP contribution in [-0.2, 0) is 0 Å². The molecule has 0 saturated carbocycles. The number of nitro groups is 1. The summed E-state index contributed by atoms with van der Waals surface area (Å²) in [7, 11) is 0. The van der Waals surface area contributed by atoms with Crippen molar-refractivity contribution in [3.8, 4) is 0 Å². The maximum atomic E-state index is 10.5. The van der Waals surface area contributed by atoms with Crippen LogP contribution in [0.15, 0.2) is 30.5 Å². The molecule has 0 aliphatic heterocycles. The summed E-state index contributed by atoms with van der Waals surface area (Å²) in [5.41, 5.74) is 0.0571. The second-order valence-corrected chi connectivity index (χ2v) is 3.18. The highest BCUT2D eigenvalue weighted by molar-refractivity contribution is 6.30. The average molecular weight is 209 g/mol. The van der Waals surface area contributed by atoms with E-state index in [0.29, 0.717) is 10.5 Å². The smallest absolute Gasteiger partial charge is 0.258 e. The number of non-ortho nitro benzene ring substituents is 1. The fraction of sp³-hybridized carbons (Fsp3) is 0. The van der Waals surface area contributed by atoms with Crippen LogP contribution in [0.4, 0.5) is 5.69 Å². The summed E-state index contributed by atoms with van der Waals surface area (Å²) in [6.07, 6.45) is 1.52. The van der Waals surface area contributed by atoms with Crippen LogP contribution in [0.2, 0.25) is 5.15 Å². The summed E-state index contributed by atoms with van der Waals surface area (Å²) < 4.78 is 0. The van der Waals surface area contributed by atoms with Gasteiger partial charge in [-0.05, 0) is 17.5 Å². The third-order valence-electron chi connectivity index (χ3n) is 1.88. The lowest BCUT2D eigenvalue weighted by molar-refractivity contribution is -0.384. The molecule has 5 heteroatoms. The highest BCUT2D eigenvalue weighted by Crippen LogP contribution is 2.21. The van der Waals surface area contributed by atoms with Crippen molar-refractivity contribution in [3.63, 3.8) is 0 Å². The summed E-state index contributed by atoms with van der Waals surface area (Å²) in [4.78, 5) is 13.9. The zero-order chi connectivity index (χ0) is 10.1. The number of aromatic nitrogens is 1. The lowest BCUT2D eigenvalue weighted by atomic mass is 10.1. The minimum atomic E-state index is -0.436. The number of benzene rings is 1. The van der Waals surface area contributed by atoms with E-state index in [4.69, 9.17) is 11.6 Å². The highest BCUT2D eigenvalue weighted by atomic mass is 35.5. The van der Waals surface area contributed by atoms with Gasteiger partial charge >= 0.3 is 0 Å². The number of fused-ring (bicyclic) bond motifs is 1. The van der Waals surface area contributed by atoms with Gasteiger partial charge in [0.25, 0.3) is 5.69 Å². The summed E-state index contributed by atoms with van der Waals surface area (Å²) in [6.45, 7) is 0. The minimum Gasteiger partial charge on any atom is -0.258 e. The van der Waals surface area contributed by atoms with Crippen molar-refractivity contribution >= 4 is 28.1 Å². The van der Waals surface area contributed by atoms with Crippen LogP contribution < -0.4 is 0 Å². The molecule has 1 aromatic carbocycles. The molecule has 0 saturated heterocycles. The van der Waals surface area contributed by atoms with Crippen molar-refractivity contribution in [2.75, 3.05) is 0 Å². The molecule has 0 bridgehead atoms. The van der Waals surface area contributed by atoms with Crippen LogP contribution in [0.25, 0.3) is 10.8 Å². The second kappa shape index (κ2) is 3.23. The summed E-state index contributed by atoms with van der Waals surface area (Å²) in [5, 5.41) is 12.4. The van der Waals surface area contributed by atoms with E-state index in [2.05, 4.69) is 4.98 Å². The number of nitro benzene ring substituents is 1. The number of pyridine rings is 1. The molecule has 0 spiro atoms. The van der Waals surface area contributed by atoms with Crippen molar-refractivity contribution in [1.29, 1.82) is 0 Å². The summed E-state index contributed by atoms with van der Waals surface area (Å²) in [6, 6.07) is 6.24. The molecule has 1 aromatic heterocycles. The normalized spacial score (nSPS) is 10.4. The topological polar surface area (TPSA) is 56.0 Å². The number of hydrogen-bond acceptors (Lipinski definition) is 3. The molecule has 2 aromatic rings. The van der Waals surface area contributed by atoms with Gasteiger partial charge in [-0.1, -0.05) is 11.6 Å². The molecule has 0 aliphatic carbocycles. The molecule has 0 aliphatic rings. The standard InChI is InChI=1S/C9H5ClN2O2/c10-9-4-6-1-2-8(12(13)14)3-7(6)5-11-9/h1-5H. The van der Waals surface area contributed by atoms with Crippen LogP contribution in [0.3, 0.4) is 0 Å². The first-order valence-electron chi connectivity index (χ1n) is 3.86. The molecule has 1 heterocycles. The minimum absolute atomic E-state index is 0.0571. The van der Waals surface area contributed by atoms with Gasteiger partial charge in [-0.2, -0.15) is 0 Å². The Labute approximate surface area is 84.3 Å². The molecule has 0 unspecified atom stereocenters. The summed E-state index contributed by atoms with van der Waals surface area (Å²) >= 11 is 5.68. The number of nitrogens with zero attached hydrogens (tertiary/aromatic N) is 2. The number of halogens is 1.